The van der Waals surface area contributed by atoms with E-state index in [0.717, 1.165) is 36.5 Å². The molecule has 0 heterocycles. The maximum atomic E-state index is 13.6. The van der Waals surface area contributed by atoms with Crippen LogP contribution >= 0.6 is 0 Å². The third-order valence-corrected chi connectivity index (χ3v) is 6.18. The number of ether oxygens (including phenoxy) is 1. The van der Waals surface area contributed by atoms with E-state index in [1.54, 1.807) is 0 Å². The molecule has 3 rings (SSSR count). The van der Waals surface area contributed by atoms with Gasteiger partial charge in [-0.1, -0.05) is 82.2 Å². The van der Waals surface area contributed by atoms with Gasteiger partial charge < -0.3 is 4.74 Å². The second kappa shape index (κ2) is 10.7. The minimum Gasteiger partial charge on any atom is -0.486 e. The number of unbranched alkanes of at least 4 members (excludes halogenated alkanes) is 1. The number of rotatable bonds is 9. The summed E-state index contributed by atoms with van der Waals surface area (Å²) in [5.74, 6) is -2.34. The van der Waals surface area contributed by atoms with Gasteiger partial charge in [-0.05, 0) is 30.2 Å². The first-order valence-electron chi connectivity index (χ1n) is 10.9. The third-order valence-electron chi connectivity index (χ3n) is 6.18. The lowest BCUT2D eigenvalue weighted by Gasteiger charge is -2.30. The Morgan fingerprint density at radius 3 is 2.07 bits per heavy atom. The molecule has 1 aliphatic carbocycles. The van der Waals surface area contributed by atoms with E-state index in [1.807, 2.05) is 30.3 Å². The Balaban J connectivity index is 1.62. The van der Waals surface area contributed by atoms with Crippen LogP contribution in [0.15, 0.2) is 42.5 Å². The highest BCUT2D eigenvalue weighted by Gasteiger charge is 2.23. The molecule has 0 aliphatic heterocycles. The minimum atomic E-state index is -1.46. The molecule has 1 aliphatic rings. The van der Waals surface area contributed by atoms with E-state index in [9.17, 15) is 13.2 Å². The van der Waals surface area contributed by atoms with E-state index in [1.165, 1.54) is 44.9 Å². The van der Waals surface area contributed by atoms with Crippen molar-refractivity contribution in [3.8, 4) is 5.75 Å². The van der Waals surface area contributed by atoms with Crippen LogP contribution in [0.3, 0.4) is 0 Å². The van der Waals surface area contributed by atoms with Crippen molar-refractivity contribution >= 4 is 0 Å². The molecule has 1 saturated carbocycles. The summed E-state index contributed by atoms with van der Waals surface area (Å²) in [5, 5.41) is 0. The summed E-state index contributed by atoms with van der Waals surface area (Å²) in [6.45, 7) is 2.24. The van der Waals surface area contributed by atoms with Gasteiger partial charge in [0.1, 0.15) is 11.9 Å². The zero-order valence-corrected chi connectivity index (χ0v) is 17.2. The Kier molecular flexibility index (Phi) is 8.02. The molecule has 2 aromatic rings. The molecule has 0 radical (unpaired) electrons. The standard InChI is InChI=1S/C25H31F3O/c1-2-3-7-18-10-12-19(13-11-18)14-15-24(20-8-5-4-6-9-20)29-21-16-22(26)25(28)23(27)17-21/h4-6,8-9,16-19,24H,2-3,7,10-15H2,1H3. The molecule has 0 amide bonds. The topological polar surface area (TPSA) is 9.23 Å². The maximum absolute atomic E-state index is 13.6. The highest BCUT2D eigenvalue weighted by Crippen LogP contribution is 2.36. The zero-order valence-electron chi connectivity index (χ0n) is 17.2. The number of benzene rings is 2. The zero-order chi connectivity index (χ0) is 20.6. The molecular formula is C25H31F3O. The Hall–Kier alpha value is -1.97. The molecule has 0 bridgehead atoms. The quantitative estimate of drug-likeness (QED) is 0.385. The lowest BCUT2D eigenvalue weighted by atomic mass is 9.77. The second-order valence-electron chi connectivity index (χ2n) is 8.32. The molecule has 29 heavy (non-hydrogen) atoms. The lowest BCUT2D eigenvalue weighted by molar-refractivity contribution is 0.166. The van der Waals surface area contributed by atoms with Crippen LogP contribution in [0.1, 0.15) is 76.4 Å². The fourth-order valence-corrected chi connectivity index (χ4v) is 4.41. The average Bonchev–Trinajstić information content (AvgIpc) is 2.74. The molecule has 1 fully saturated rings. The van der Waals surface area contributed by atoms with Crippen molar-refractivity contribution in [1.29, 1.82) is 0 Å². The maximum Gasteiger partial charge on any atom is 0.194 e. The number of hydrogen-bond donors (Lipinski definition) is 0. The largest absolute Gasteiger partial charge is 0.486 e. The summed E-state index contributed by atoms with van der Waals surface area (Å²) in [6.07, 6.45) is 10.5. The minimum absolute atomic E-state index is 0.0264. The summed E-state index contributed by atoms with van der Waals surface area (Å²) < 4.78 is 46.4. The molecule has 2 aromatic carbocycles. The van der Waals surface area contributed by atoms with Gasteiger partial charge in [-0.3, -0.25) is 0 Å². The molecule has 158 valence electrons. The highest BCUT2D eigenvalue weighted by molar-refractivity contribution is 5.27. The second-order valence-corrected chi connectivity index (χ2v) is 8.32. The Bertz CT molecular complexity index is 731. The molecule has 1 unspecified atom stereocenters. The lowest BCUT2D eigenvalue weighted by Crippen LogP contribution is -2.17. The average molecular weight is 405 g/mol. The van der Waals surface area contributed by atoms with E-state index < -0.39 is 17.5 Å². The van der Waals surface area contributed by atoms with E-state index in [-0.39, 0.29) is 11.9 Å². The fourth-order valence-electron chi connectivity index (χ4n) is 4.41. The Labute approximate surface area is 172 Å². The van der Waals surface area contributed by atoms with E-state index in [0.29, 0.717) is 5.92 Å². The van der Waals surface area contributed by atoms with Crippen molar-refractivity contribution in [1.82, 2.24) is 0 Å². The SMILES string of the molecule is CCCCC1CCC(CCC(Oc2cc(F)c(F)c(F)c2)c2ccccc2)CC1. The Morgan fingerprint density at radius 1 is 0.897 bits per heavy atom. The molecule has 0 spiro atoms. The van der Waals surface area contributed by atoms with Crippen LogP contribution in [0.4, 0.5) is 13.2 Å². The first-order chi connectivity index (χ1) is 14.1. The summed E-state index contributed by atoms with van der Waals surface area (Å²) in [7, 11) is 0. The van der Waals surface area contributed by atoms with Crippen molar-refractivity contribution in [3.05, 3.63) is 65.5 Å². The van der Waals surface area contributed by atoms with Crippen molar-refractivity contribution in [2.45, 2.75) is 70.8 Å². The van der Waals surface area contributed by atoms with Gasteiger partial charge in [-0.25, -0.2) is 13.2 Å². The molecule has 0 saturated heterocycles. The number of hydrogen-bond acceptors (Lipinski definition) is 1. The Morgan fingerprint density at radius 2 is 1.48 bits per heavy atom. The van der Waals surface area contributed by atoms with E-state index >= 15 is 0 Å². The molecule has 4 heteroatoms. The summed E-state index contributed by atoms with van der Waals surface area (Å²) in [6, 6.07) is 11.5. The smallest absolute Gasteiger partial charge is 0.194 e. The monoisotopic (exact) mass is 404 g/mol. The van der Waals surface area contributed by atoms with Crippen LogP contribution in [-0.2, 0) is 0 Å². The third kappa shape index (κ3) is 6.25. The predicted molar refractivity (Wildman–Crippen MR) is 110 cm³/mol. The molecule has 1 atom stereocenters. The van der Waals surface area contributed by atoms with Crippen molar-refractivity contribution in [2.24, 2.45) is 11.8 Å². The van der Waals surface area contributed by atoms with Gasteiger partial charge >= 0.3 is 0 Å². The number of halogens is 3. The van der Waals surface area contributed by atoms with Crippen LogP contribution in [-0.4, -0.2) is 0 Å². The molecular weight excluding hydrogens is 373 g/mol. The van der Waals surface area contributed by atoms with Crippen LogP contribution in [0.5, 0.6) is 5.75 Å². The van der Waals surface area contributed by atoms with E-state index in [2.05, 4.69) is 6.92 Å². The van der Waals surface area contributed by atoms with Gasteiger partial charge in [0, 0.05) is 12.1 Å². The van der Waals surface area contributed by atoms with Crippen molar-refractivity contribution in [3.63, 3.8) is 0 Å². The summed E-state index contributed by atoms with van der Waals surface area (Å²) in [5.41, 5.74) is 0.967. The van der Waals surface area contributed by atoms with Crippen molar-refractivity contribution in [2.75, 3.05) is 0 Å². The van der Waals surface area contributed by atoms with Crippen LogP contribution in [0.2, 0.25) is 0 Å². The molecule has 1 nitrogen and oxygen atoms in total. The van der Waals surface area contributed by atoms with Gasteiger partial charge in [-0.15, -0.1) is 0 Å². The van der Waals surface area contributed by atoms with Gasteiger partial charge in [0.2, 0.25) is 0 Å². The van der Waals surface area contributed by atoms with Crippen LogP contribution in [0, 0.1) is 29.3 Å². The first kappa shape index (κ1) is 21.7. The summed E-state index contributed by atoms with van der Waals surface area (Å²) >= 11 is 0. The highest BCUT2D eigenvalue weighted by atomic mass is 19.2. The fraction of sp³-hybridized carbons (Fsp3) is 0.520. The molecule has 0 N–H and O–H groups in total. The van der Waals surface area contributed by atoms with Gasteiger partial charge in [0.05, 0.1) is 0 Å². The predicted octanol–water partition coefficient (Wildman–Crippen LogP) is 8.00. The van der Waals surface area contributed by atoms with Gasteiger partial charge in [0.15, 0.2) is 17.5 Å². The van der Waals surface area contributed by atoms with Crippen molar-refractivity contribution < 1.29 is 17.9 Å². The normalized spacial score (nSPS) is 20.4. The van der Waals surface area contributed by atoms with Gasteiger partial charge in [-0.2, -0.15) is 0 Å². The van der Waals surface area contributed by atoms with Gasteiger partial charge in [0.25, 0.3) is 0 Å². The molecule has 0 aromatic heterocycles. The first-order valence-corrected chi connectivity index (χ1v) is 10.9. The van der Waals surface area contributed by atoms with Crippen LogP contribution < -0.4 is 4.74 Å². The summed E-state index contributed by atoms with van der Waals surface area (Å²) in [4.78, 5) is 0. The van der Waals surface area contributed by atoms with Crippen LogP contribution in [0.25, 0.3) is 0 Å². The van der Waals surface area contributed by atoms with E-state index in [4.69, 9.17) is 4.74 Å².